The van der Waals surface area contributed by atoms with Gasteiger partial charge >= 0.3 is 6.98 Å². The molecule has 0 saturated heterocycles. The first-order chi connectivity index (χ1) is 15.0. The second kappa shape index (κ2) is 9.09. The smallest absolute Gasteiger partial charge is 0.399 e. The van der Waals surface area contributed by atoms with E-state index in [0.717, 1.165) is 17.9 Å². The second-order valence-electron chi connectivity index (χ2n) is 8.90. The SMILES string of the molecule is Cc1cc(-c2ccccc2)cc(C)c1B1N(CC(C)C)c2ccc[c-]c2-c2nccn21.[Ir]. The van der Waals surface area contributed by atoms with E-state index in [0.29, 0.717) is 5.92 Å². The van der Waals surface area contributed by atoms with Crippen LogP contribution in [0.4, 0.5) is 5.69 Å². The molecular formula is C27H27BIrN3-. The Kier molecular flexibility index (Phi) is 6.41. The number of hydrogen-bond donors (Lipinski definition) is 0. The van der Waals surface area contributed by atoms with Crippen LogP contribution in [0.15, 0.2) is 73.1 Å². The van der Waals surface area contributed by atoms with E-state index in [2.05, 4.69) is 104 Å². The summed E-state index contributed by atoms with van der Waals surface area (Å²) in [6, 6.07) is 25.0. The molecule has 4 aromatic rings. The number of nitrogens with zero attached hydrogens (tertiary/aromatic N) is 3. The molecule has 1 aromatic heterocycles. The molecule has 32 heavy (non-hydrogen) atoms. The summed E-state index contributed by atoms with van der Waals surface area (Å²) in [5.41, 5.74) is 8.79. The summed E-state index contributed by atoms with van der Waals surface area (Å²) in [5.74, 6) is 1.52. The molecule has 0 N–H and O–H groups in total. The van der Waals surface area contributed by atoms with Gasteiger partial charge in [-0.15, -0.1) is 24.3 Å². The van der Waals surface area contributed by atoms with E-state index in [1.54, 1.807) is 0 Å². The summed E-state index contributed by atoms with van der Waals surface area (Å²) >= 11 is 0. The molecule has 3 aromatic carbocycles. The first-order valence-electron chi connectivity index (χ1n) is 11.0. The van der Waals surface area contributed by atoms with Gasteiger partial charge < -0.3 is 9.29 Å². The van der Waals surface area contributed by atoms with Crippen molar-refractivity contribution in [2.75, 3.05) is 11.4 Å². The summed E-state index contributed by atoms with van der Waals surface area (Å²) in [5, 5.41) is 0. The predicted octanol–water partition coefficient (Wildman–Crippen LogP) is 5.35. The van der Waals surface area contributed by atoms with Gasteiger partial charge in [0.25, 0.3) is 0 Å². The third-order valence-electron chi connectivity index (χ3n) is 6.12. The van der Waals surface area contributed by atoms with Gasteiger partial charge in [0.2, 0.25) is 0 Å². The van der Waals surface area contributed by atoms with E-state index in [4.69, 9.17) is 4.98 Å². The molecule has 5 rings (SSSR count). The molecule has 0 saturated carbocycles. The molecule has 0 unspecified atom stereocenters. The zero-order valence-electron chi connectivity index (χ0n) is 19.0. The van der Waals surface area contributed by atoms with Crippen LogP contribution >= 0.6 is 0 Å². The molecule has 3 nitrogen and oxygen atoms in total. The summed E-state index contributed by atoms with van der Waals surface area (Å²) < 4.78 is 2.32. The van der Waals surface area contributed by atoms with Gasteiger partial charge in [-0.25, -0.2) is 0 Å². The molecule has 1 aliphatic rings. The monoisotopic (exact) mass is 597 g/mol. The topological polar surface area (TPSA) is 21.1 Å². The van der Waals surface area contributed by atoms with Crippen LogP contribution in [0.3, 0.4) is 0 Å². The Morgan fingerprint density at radius 3 is 2.38 bits per heavy atom. The normalized spacial score (nSPS) is 12.4. The maximum atomic E-state index is 4.72. The number of aromatic nitrogens is 2. The van der Waals surface area contributed by atoms with Crippen LogP contribution in [-0.4, -0.2) is 23.0 Å². The van der Waals surface area contributed by atoms with Crippen LogP contribution in [0, 0.1) is 25.8 Å². The van der Waals surface area contributed by atoms with Gasteiger partial charge in [0.15, 0.2) is 0 Å². The fraction of sp³-hybridized carbons (Fsp3) is 0.222. The molecule has 0 amide bonds. The predicted molar refractivity (Wildman–Crippen MR) is 131 cm³/mol. The maximum Gasteiger partial charge on any atom is 0.399 e. The first-order valence-corrected chi connectivity index (χ1v) is 11.0. The molecule has 163 valence electrons. The second-order valence-corrected chi connectivity index (χ2v) is 8.90. The number of aryl methyl sites for hydroxylation is 2. The molecule has 0 aliphatic carbocycles. The van der Waals surface area contributed by atoms with E-state index in [-0.39, 0.29) is 27.1 Å². The number of rotatable bonds is 4. The average Bonchev–Trinajstić information content (AvgIpc) is 3.25. The van der Waals surface area contributed by atoms with Crippen molar-refractivity contribution in [1.82, 2.24) is 9.46 Å². The number of imidazole rings is 1. The molecule has 5 heteroatoms. The number of hydrogen-bond acceptors (Lipinski definition) is 2. The van der Waals surface area contributed by atoms with Crippen molar-refractivity contribution in [1.29, 1.82) is 0 Å². The standard InChI is InChI=1S/C27H27BN3.Ir/c1-19(2)18-31-25-13-9-8-12-24(25)27-29-14-15-30(27)28(31)26-20(3)16-23(17-21(26)4)22-10-6-5-7-11-22;/h5-11,13-17,19H,18H2,1-4H3;/q-1;. The van der Waals surface area contributed by atoms with Crippen molar-refractivity contribution in [3.05, 3.63) is 90.3 Å². The van der Waals surface area contributed by atoms with Crippen molar-refractivity contribution in [3.8, 4) is 22.5 Å². The summed E-state index contributed by atoms with van der Waals surface area (Å²) in [4.78, 5) is 7.25. The van der Waals surface area contributed by atoms with Crippen LogP contribution in [0.2, 0.25) is 0 Å². The quantitative estimate of drug-likeness (QED) is 0.234. The minimum Gasteiger partial charge on any atom is -0.433 e. The first kappa shape index (κ1) is 22.6. The Hall–Kier alpha value is -2.62. The molecule has 1 radical (unpaired) electrons. The van der Waals surface area contributed by atoms with Gasteiger partial charge in [0, 0.05) is 44.9 Å². The minimum atomic E-state index is 0. The molecule has 0 spiro atoms. The maximum absolute atomic E-state index is 4.72. The van der Waals surface area contributed by atoms with E-state index in [1.165, 1.54) is 33.4 Å². The zero-order valence-corrected chi connectivity index (χ0v) is 21.4. The van der Waals surface area contributed by atoms with Gasteiger partial charge in [-0.1, -0.05) is 78.7 Å². The summed E-state index contributed by atoms with van der Waals surface area (Å²) in [6.07, 6.45) is 4.02. The van der Waals surface area contributed by atoms with E-state index < -0.39 is 0 Å². The number of benzene rings is 3. The van der Waals surface area contributed by atoms with Crippen LogP contribution in [0.1, 0.15) is 25.0 Å². The van der Waals surface area contributed by atoms with Crippen LogP contribution < -0.4 is 10.3 Å². The third kappa shape index (κ3) is 3.85. The Morgan fingerprint density at radius 2 is 1.69 bits per heavy atom. The Labute approximate surface area is 205 Å². The average molecular weight is 597 g/mol. The van der Waals surface area contributed by atoms with E-state index in [9.17, 15) is 0 Å². The van der Waals surface area contributed by atoms with Crippen molar-refractivity contribution >= 4 is 18.1 Å². The van der Waals surface area contributed by atoms with Gasteiger partial charge in [0.05, 0.1) is 0 Å². The fourth-order valence-corrected chi connectivity index (χ4v) is 4.90. The fourth-order valence-electron chi connectivity index (χ4n) is 4.90. The Morgan fingerprint density at radius 1 is 0.969 bits per heavy atom. The largest absolute Gasteiger partial charge is 0.433 e. The number of fused-ring (bicyclic) bond motifs is 3. The Balaban J connectivity index is 0.00000245. The molecule has 0 atom stereocenters. The van der Waals surface area contributed by atoms with Gasteiger partial charge in [-0.3, -0.25) is 4.98 Å². The minimum absolute atomic E-state index is 0. The van der Waals surface area contributed by atoms with E-state index in [1.807, 2.05) is 12.3 Å². The summed E-state index contributed by atoms with van der Waals surface area (Å²) in [7, 11) is 0. The van der Waals surface area contributed by atoms with Gasteiger partial charge in [0.1, 0.15) is 0 Å². The number of anilines is 1. The molecule has 1 aliphatic heterocycles. The van der Waals surface area contributed by atoms with Crippen molar-refractivity contribution < 1.29 is 20.1 Å². The summed E-state index contributed by atoms with van der Waals surface area (Å²) in [6.45, 7) is 10.1. The zero-order chi connectivity index (χ0) is 21.5. The molecule has 0 fully saturated rings. The van der Waals surface area contributed by atoms with Crippen molar-refractivity contribution in [2.24, 2.45) is 5.92 Å². The van der Waals surface area contributed by atoms with E-state index >= 15 is 0 Å². The Bertz CT molecular complexity index is 1210. The van der Waals surface area contributed by atoms with Crippen LogP contribution in [-0.2, 0) is 20.1 Å². The van der Waals surface area contributed by atoms with Crippen LogP contribution in [0.5, 0.6) is 0 Å². The third-order valence-corrected chi connectivity index (χ3v) is 6.12. The van der Waals surface area contributed by atoms with Crippen molar-refractivity contribution in [2.45, 2.75) is 27.7 Å². The van der Waals surface area contributed by atoms with Crippen molar-refractivity contribution in [3.63, 3.8) is 0 Å². The van der Waals surface area contributed by atoms with Gasteiger partial charge in [-0.05, 0) is 36.4 Å². The molecular weight excluding hydrogens is 569 g/mol. The molecule has 2 heterocycles. The molecule has 0 bridgehead atoms. The van der Waals surface area contributed by atoms with Gasteiger partial charge in [-0.2, -0.15) is 0 Å². The van der Waals surface area contributed by atoms with Crippen LogP contribution in [0.25, 0.3) is 22.5 Å².